The maximum Gasteiger partial charge on any atom is 0.404 e. The highest BCUT2D eigenvalue weighted by atomic mass is 19.4. The summed E-state index contributed by atoms with van der Waals surface area (Å²) in [5.74, 6) is -1.67. The van der Waals surface area contributed by atoms with Crippen molar-refractivity contribution in [1.29, 1.82) is 0 Å². The Morgan fingerprint density at radius 3 is 2.35 bits per heavy atom. The molecule has 1 unspecified atom stereocenters. The lowest BCUT2D eigenvalue weighted by Crippen LogP contribution is -2.44. The monoisotopic (exact) mass is 252 g/mol. The molecule has 0 amide bonds. The SMILES string of the molecule is CC(C)(C(=O)OC1CCCCC1=O)C(F)(F)F. The summed E-state index contributed by atoms with van der Waals surface area (Å²) in [6, 6.07) is 0. The van der Waals surface area contributed by atoms with E-state index in [4.69, 9.17) is 0 Å². The van der Waals surface area contributed by atoms with Crippen LogP contribution in [0.1, 0.15) is 39.5 Å². The van der Waals surface area contributed by atoms with Crippen LogP contribution in [0.3, 0.4) is 0 Å². The van der Waals surface area contributed by atoms with Crippen LogP contribution < -0.4 is 0 Å². The third kappa shape index (κ3) is 2.98. The summed E-state index contributed by atoms with van der Waals surface area (Å²) in [6.45, 7) is 1.51. The van der Waals surface area contributed by atoms with Gasteiger partial charge in [-0.15, -0.1) is 0 Å². The number of halogens is 3. The van der Waals surface area contributed by atoms with Crippen LogP contribution in [0.2, 0.25) is 0 Å². The molecular weight excluding hydrogens is 237 g/mol. The van der Waals surface area contributed by atoms with Crippen molar-refractivity contribution in [3.63, 3.8) is 0 Å². The van der Waals surface area contributed by atoms with Gasteiger partial charge in [-0.3, -0.25) is 9.59 Å². The molecule has 0 bridgehead atoms. The Morgan fingerprint density at radius 2 is 1.88 bits per heavy atom. The van der Waals surface area contributed by atoms with E-state index in [2.05, 4.69) is 4.74 Å². The highest BCUT2D eigenvalue weighted by molar-refractivity contribution is 5.87. The van der Waals surface area contributed by atoms with Crippen molar-refractivity contribution in [2.24, 2.45) is 5.41 Å². The Morgan fingerprint density at radius 1 is 1.29 bits per heavy atom. The maximum absolute atomic E-state index is 12.5. The maximum atomic E-state index is 12.5. The first-order valence-corrected chi connectivity index (χ1v) is 5.47. The number of Topliss-reactive ketones (excluding diaryl/α,β-unsaturated/α-hetero) is 1. The Labute approximate surface area is 97.3 Å². The quantitative estimate of drug-likeness (QED) is 0.709. The number of ketones is 1. The van der Waals surface area contributed by atoms with Crippen LogP contribution in [0.15, 0.2) is 0 Å². The van der Waals surface area contributed by atoms with Gasteiger partial charge in [0.25, 0.3) is 0 Å². The molecule has 1 aliphatic carbocycles. The Bertz CT molecular complexity index is 320. The fraction of sp³-hybridized carbons (Fsp3) is 0.818. The van der Waals surface area contributed by atoms with Crippen molar-refractivity contribution in [2.45, 2.75) is 51.8 Å². The standard InChI is InChI=1S/C11H15F3O3/c1-10(2,11(12,13)14)9(16)17-8-6-4-3-5-7(8)15/h8H,3-6H2,1-2H3. The number of carbonyl (C=O) groups excluding carboxylic acids is 2. The third-order valence-corrected chi connectivity index (χ3v) is 2.97. The molecule has 0 N–H and O–H groups in total. The number of rotatable bonds is 2. The lowest BCUT2D eigenvalue weighted by Gasteiger charge is -2.28. The van der Waals surface area contributed by atoms with Crippen molar-refractivity contribution < 1.29 is 27.5 Å². The zero-order valence-electron chi connectivity index (χ0n) is 9.76. The first kappa shape index (κ1) is 14.0. The fourth-order valence-electron chi connectivity index (χ4n) is 1.47. The van der Waals surface area contributed by atoms with Gasteiger partial charge in [0.05, 0.1) is 0 Å². The number of alkyl halides is 3. The highest BCUT2D eigenvalue weighted by Gasteiger charge is 2.54. The van der Waals surface area contributed by atoms with Gasteiger partial charge in [0, 0.05) is 6.42 Å². The Balaban J connectivity index is 2.68. The molecule has 1 aliphatic rings. The van der Waals surface area contributed by atoms with Crippen LogP contribution in [0.25, 0.3) is 0 Å². The van der Waals surface area contributed by atoms with Crippen molar-refractivity contribution >= 4 is 11.8 Å². The van der Waals surface area contributed by atoms with Gasteiger partial charge in [0.15, 0.2) is 17.3 Å². The second kappa shape index (κ2) is 4.66. The second-order valence-corrected chi connectivity index (χ2v) is 4.73. The van der Waals surface area contributed by atoms with E-state index in [9.17, 15) is 22.8 Å². The largest absolute Gasteiger partial charge is 0.454 e. The number of hydrogen-bond donors (Lipinski definition) is 0. The molecule has 0 aromatic heterocycles. The van der Waals surface area contributed by atoms with Gasteiger partial charge in [0.2, 0.25) is 0 Å². The molecule has 1 rings (SSSR count). The number of hydrogen-bond acceptors (Lipinski definition) is 3. The minimum atomic E-state index is -4.68. The summed E-state index contributed by atoms with van der Waals surface area (Å²) < 4.78 is 42.3. The van der Waals surface area contributed by atoms with Gasteiger partial charge < -0.3 is 4.74 Å². The number of esters is 1. The Kier molecular flexibility index (Phi) is 3.84. The molecule has 0 aromatic rings. The molecule has 6 heteroatoms. The molecule has 1 saturated carbocycles. The van der Waals surface area contributed by atoms with Crippen molar-refractivity contribution in [1.82, 2.24) is 0 Å². The van der Waals surface area contributed by atoms with Gasteiger partial charge in [0.1, 0.15) is 0 Å². The highest BCUT2D eigenvalue weighted by Crippen LogP contribution is 2.39. The van der Waals surface area contributed by atoms with Crippen LogP contribution in [0.4, 0.5) is 13.2 Å². The topological polar surface area (TPSA) is 43.4 Å². The first-order valence-electron chi connectivity index (χ1n) is 5.47. The zero-order valence-corrected chi connectivity index (χ0v) is 9.76. The van der Waals surface area contributed by atoms with Crippen molar-refractivity contribution in [3.8, 4) is 0 Å². The van der Waals surface area contributed by atoms with Crippen LogP contribution >= 0.6 is 0 Å². The summed E-state index contributed by atoms with van der Waals surface area (Å²) in [7, 11) is 0. The smallest absolute Gasteiger partial charge is 0.404 e. The average Bonchev–Trinajstić information content (AvgIpc) is 2.19. The summed E-state index contributed by atoms with van der Waals surface area (Å²) >= 11 is 0. The van der Waals surface area contributed by atoms with Gasteiger partial charge in [-0.25, -0.2) is 0 Å². The van der Waals surface area contributed by atoms with E-state index in [1.165, 1.54) is 0 Å². The second-order valence-electron chi connectivity index (χ2n) is 4.73. The van der Waals surface area contributed by atoms with Crippen LogP contribution in [-0.4, -0.2) is 24.0 Å². The molecule has 0 radical (unpaired) electrons. The molecule has 0 spiro atoms. The number of ether oxygens (including phenoxy) is 1. The van der Waals surface area contributed by atoms with E-state index in [1.54, 1.807) is 0 Å². The van der Waals surface area contributed by atoms with Crippen molar-refractivity contribution in [2.75, 3.05) is 0 Å². The average molecular weight is 252 g/mol. The van der Waals surface area contributed by atoms with Crippen LogP contribution in [-0.2, 0) is 14.3 Å². The molecular formula is C11H15F3O3. The molecule has 1 fully saturated rings. The van der Waals surface area contributed by atoms with Crippen LogP contribution in [0, 0.1) is 5.41 Å². The lowest BCUT2D eigenvalue weighted by molar-refractivity contribution is -0.228. The van der Waals surface area contributed by atoms with Gasteiger partial charge >= 0.3 is 12.1 Å². The summed E-state index contributed by atoms with van der Waals surface area (Å²) in [6.07, 6.45) is -3.70. The zero-order chi connectivity index (χ0) is 13.3. The normalized spacial score (nSPS) is 22.4. The van der Waals surface area contributed by atoms with Crippen molar-refractivity contribution in [3.05, 3.63) is 0 Å². The minimum absolute atomic E-state index is 0.268. The van der Waals surface area contributed by atoms with E-state index >= 15 is 0 Å². The minimum Gasteiger partial charge on any atom is -0.454 e. The first-order chi connectivity index (χ1) is 7.66. The van der Waals surface area contributed by atoms with E-state index in [-0.39, 0.29) is 12.2 Å². The van der Waals surface area contributed by atoms with Gasteiger partial charge in [-0.2, -0.15) is 13.2 Å². The molecule has 0 saturated heterocycles. The molecule has 3 nitrogen and oxygen atoms in total. The molecule has 17 heavy (non-hydrogen) atoms. The lowest BCUT2D eigenvalue weighted by atomic mass is 9.92. The summed E-state index contributed by atoms with van der Waals surface area (Å²) in [5.41, 5.74) is -2.58. The van der Waals surface area contributed by atoms with Crippen LogP contribution in [0.5, 0.6) is 0 Å². The van der Waals surface area contributed by atoms with E-state index in [0.717, 1.165) is 13.8 Å². The van der Waals surface area contributed by atoms with Gasteiger partial charge in [-0.1, -0.05) is 0 Å². The third-order valence-electron chi connectivity index (χ3n) is 2.97. The predicted octanol–water partition coefficient (Wildman–Crippen LogP) is 2.63. The van der Waals surface area contributed by atoms with E-state index in [0.29, 0.717) is 19.3 Å². The molecule has 1 atom stereocenters. The van der Waals surface area contributed by atoms with E-state index < -0.39 is 23.7 Å². The number of carbonyl (C=O) groups is 2. The summed E-state index contributed by atoms with van der Waals surface area (Å²) in [5, 5.41) is 0. The Hall–Kier alpha value is -1.07. The molecule has 0 heterocycles. The molecule has 0 aromatic carbocycles. The van der Waals surface area contributed by atoms with Gasteiger partial charge in [-0.05, 0) is 33.1 Å². The van der Waals surface area contributed by atoms with E-state index in [1.807, 2.05) is 0 Å². The molecule has 0 aliphatic heterocycles. The predicted molar refractivity (Wildman–Crippen MR) is 53.2 cm³/mol. The summed E-state index contributed by atoms with van der Waals surface area (Å²) in [4.78, 5) is 22.8. The molecule has 98 valence electrons. The fourth-order valence-corrected chi connectivity index (χ4v) is 1.47.